The molecule has 1 saturated heterocycles. The molecule has 1 amide bonds. The summed E-state index contributed by atoms with van der Waals surface area (Å²) in [4.78, 5) is 16.5. The SMILES string of the molecule is CCCCCCC(=O)N1CCCN(CCN)CC1. The van der Waals surface area contributed by atoms with Crippen molar-refractivity contribution in [2.75, 3.05) is 39.3 Å². The molecule has 1 aliphatic heterocycles. The van der Waals surface area contributed by atoms with Crippen LogP contribution in [-0.4, -0.2) is 55.0 Å². The first-order chi connectivity index (χ1) is 8.77. The third kappa shape index (κ3) is 5.83. The first kappa shape index (κ1) is 15.4. The van der Waals surface area contributed by atoms with Crippen LogP contribution in [0.25, 0.3) is 0 Å². The number of carbonyl (C=O) groups excluding carboxylic acids is 1. The molecule has 0 saturated carbocycles. The molecule has 18 heavy (non-hydrogen) atoms. The number of nitrogens with two attached hydrogens (primary N) is 1. The number of hydrogen-bond acceptors (Lipinski definition) is 3. The minimum atomic E-state index is 0.348. The van der Waals surface area contributed by atoms with Gasteiger partial charge in [0.25, 0.3) is 0 Å². The molecule has 0 atom stereocenters. The molecule has 0 bridgehead atoms. The average molecular weight is 255 g/mol. The van der Waals surface area contributed by atoms with E-state index in [4.69, 9.17) is 5.73 Å². The number of amides is 1. The zero-order valence-corrected chi connectivity index (χ0v) is 11.9. The molecule has 0 radical (unpaired) electrons. The van der Waals surface area contributed by atoms with Crippen LogP contribution in [0.3, 0.4) is 0 Å². The molecular formula is C14H29N3O. The molecule has 1 aliphatic rings. The largest absolute Gasteiger partial charge is 0.341 e. The van der Waals surface area contributed by atoms with E-state index in [-0.39, 0.29) is 0 Å². The number of carbonyl (C=O) groups is 1. The van der Waals surface area contributed by atoms with Crippen LogP contribution in [-0.2, 0) is 4.79 Å². The van der Waals surface area contributed by atoms with Crippen LogP contribution in [0.4, 0.5) is 0 Å². The smallest absolute Gasteiger partial charge is 0.222 e. The van der Waals surface area contributed by atoms with E-state index in [0.717, 1.165) is 52.0 Å². The van der Waals surface area contributed by atoms with Crippen molar-refractivity contribution in [3.63, 3.8) is 0 Å². The summed E-state index contributed by atoms with van der Waals surface area (Å²) in [5.41, 5.74) is 5.58. The van der Waals surface area contributed by atoms with Gasteiger partial charge in [0.15, 0.2) is 0 Å². The number of rotatable bonds is 7. The summed E-state index contributed by atoms with van der Waals surface area (Å²) in [6.07, 6.45) is 6.53. The van der Waals surface area contributed by atoms with Crippen LogP contribution in [0, 0.1) is 0 Å². The molecule has 1 rings (SSSR count). The highest BCUT2D eigenvalue weighted by atomic mass is 16.2. The molecule has 4 nitrogen and oxygen atoms in total. The molecule has 0 spiro atoms. The minimum absolute atomic E-state index is 0.348. The Morgan fingerprint density at radius 2 is 1.94 bits per heavy atom. The second-order valence-corrected chi connectivity index (χ2v) is 5.18. The van der Waals surface area contributed by atoms with Crippen LogP contribution in [0.5, 0.6) is 0 Å². The molecule has 0 aromatic carbocycles. The summed E-state index contributed by atoms with van der Waals surface area (Å²) < 4.78 is 0. The molecule has 2 N–H and O–H groups in total. The summed E-state index contributed by atoms with van der Waals surface area (Å²) in [6, 6.07) is 0. The number of nitrogens with zero attached hydrogens (tertiary/aromatic N) is 2. The molecule has 0 aliphatic carbocycles. The quantitative estimate of drug-likeness (QED) is 0.701. The first-order valence-electron chi connectivity index (χ1n) is 7.48. The van der Waals surface area contributed by atoms with Gasteiger partial charge in [0.05, 0.1) is 0 Å². The van der Waals surface area contributed by atoms with E-state index in [1.165, 1.54) is 19.3 Å². The lowest BCUT2D eigenvalue weighted by Crippen LogP contribution is -2.36. The Kier molecular flexibility index (Phi) is 8.01. The van der Waals surface area contributed by atoms with Crippen molar-refractivity contribution in [2.45, 2.75) is 45.4 Å². The van der Waals surface area contributed by atoms with E-state index in [2.05, 4.69) is 11.8 Å². The zero-order chi connectivity index (χ0) is 13.2. The lowest BCUT2D eigenvalue weighted by Gasteiger charge is -2.21. The average Bonchev–Trinajstić information content (AvgIpc) is 2.61. The minimum Gasteiger partial charge on any atom is -0.341 e. The van der Waals surface area contributed by atoms with Gasteiger partial charge in [-0.05, 0) is 19.4 Å². The van der Waals surface area contributed by atoms with Crippen LogP contribution in [0.1, 0.15) is 45.4 Å². The van der Waals surface area contributed by atoms with E-state index in [1.54, 1.807) is 0 Å². The summed E-state index contributed by atoms with van der Waals surface area (Å²) in [5.74, 6) is 0.348. The van der Waals surface area contributed by atoms with Crippen LogP contribution >= 0.6 is 0 Å². The van der Waals surface area contributed by atoms with Gasteiger partial charge >= 0.3 is 0 Å². The lowest BCUT2D eigenvalue weighted by molar-refractivity contribution is -0.131. The van der Waals surface area contributed by atoms with Gasteiger partial charge in [0.1, 0.15) is 0 Å². The predicted octanol–water partition coefficient (Wildman–Crippen LogP) is 1.45. The molecule has 0 aromatic heterocycles. The third-order valence-electron chi connectivity index (χ3n) is 3.63. The Bertz CT molecular complexity index is 233. The zero-order valence-electron chi connectivity index (χ0n) is 11.9. The summed E-state index contributed by atoms with van der Waals surface area (Å²) in [7, 11) is 0. The molecule has 1 heterocycles. The van der Waals surface area contributed by atoms with Crippen molar-refractivity contribution < 1.29 is 4.79 Å². The fourth-order valence-electron chi connectivity index (χ4n) is 2.49. The van der Waals surface area contributed by atoms with Crippen LogP contribution in [0.2, 0.25) is 0 Å². The summed E-state index contributed by atoms with van der Waals surface area (Å²) in [6.45, 7) is 7.74. The maximum Gasteiger partial charge on any atom is 0.222 e. The van der Waals surface area contributed by atoms with E-state index in [9.17, 15) is 4.79 Å². The number of hydrogen-bond donors (Lipinski definition) is 1. The Morgan fingerprint density at radius 1 is 1.11 bits per heavy atom. The highest BCUT2D eigenvalue weighted by molar-refractivity contribution is 5.76. The molecule has 1 fully saturated rings. The van der Waals surface area contributed by atoms with Gasteiger partial charge in [-0.15, -0.1) is 0 Å². The van der Waals surface area contributed by atoms with Crippen molar-refractivity contribution >= 4 is 5.91 Å². The van der Waals surface area contributed by atoms with Crippen LogP contribution in [0.15, 0.2) is 0 Å². The van der Waals surface area contributed by atoms with Crippen molar-refractivity contribution in [1.29, 1.82) is 0 Å². The van der Waals surface area contributed by atoms with Gasteiger partial charge in [-0.1, -0.05) is 26.2 Å². The molecule has 4 heteroatoms. The Labute approximate surface area is 111 Å². The van der Waals surface area contributed by atoms with Gasteiger partial charge in [-0.2, -0.15) is 0 Å². The van der Waals surface area contributed by atoms with E-state index >= 15 is 0 Å². The second-order valence-electron chi connectivity index (χ2n) is 5.18. The Balaban J connectivity index is 2.22. The van der Waals surface area contributed by atoms with Crippen LogP contribution < -0.4 is 5.73 Å². The van der Waals surface area contributed by atoms with E-state index in [0.29, 0.717) is 12.5 Å². The Morgan fingerprint density at radius 3 is 2.67 bits per heavy atom. The standard InChI is InChI=1S/C14H29N3O/c1-2-3-4-5-7-14(18)17-10-6-9-16(11-8-15)12-13-17/h2-13,15H2,1H3. The highest BCUT2D eigenvalue weighted by Gasteiger charge is 2.17. The van der Waals surface area contributed by atoms with E-state index < -0.39 is 0 Å². The summed E-state index contributed by atoms with van der Waals surface area (Å²) >= 11 is 0. The Hall–Kier alpha value is -0.610. The van der Waals surface area contributed by atoms with Crippen molar-refractivity contribution in [3.8, 4) is 0 Å². The third-order valence-corrected chi connectivity index (χ3v) is 3.63. The summed E-state index contributed by atoms with van der Waals surface area (Å²) in [5, 5.41) is 0. The topological polar surface area (TPSA) is 49.6 Å². The highest BCUT2D eigenvalue weighted by Crippen LogP contribution is 2.08. The predicted molar refractivity (Wildman–Crippen MR) is 75.5 cm³/mol. The van der Waals surface area contributed by atoms with Crippen molar-refractivity contribution in [3.05, 3.63) is 0 Å². The molecule has 0 unspecified atom stereocenters. The van der Waals surface area contributed by atoms with Gasteiger partial charge in [-0.25, -0.2) is 0 Å². The fraction of sp³-hybridized carbons (Fsp3) is 0.929. The molecule has 106 valence electrons. The normalized spacial score (nSPS) is 17.8. The first-order valence-corrected chi connectivity index (χ1v) is 7.48. The maximum atomic E-state index is 12.1. The lowest BCUT2D eigenvalue weighted by atomic mass is 10.1. The van der Waals surface area contributed by atoms with Crippen molar-refractivity contribution in [2.24, 2.45) is 5.73 Å². The van der Waals surface area contributed by atoms with Gasteiger partial charge in [0, 0.05) is 39.1 Å². The molecule has 0 aromatic rings. The fourth-order valence-corrected chi connectivity index (χ4v) is 2.49. The number of unbranched alkanes of at least 4 members (excludes halogenated alkanes) is 3. The van der Waals surface area contributed by atoms with Gasteiger partial charge in [0.2, 0.25) is 5.91 Å². The second kappa shape index (κ2) is 9.34. The monoisotopic (exact) mass is 255 g/mol. The van der Waals surface area contributed by atoms with Gasteiger partial charge < -0.3 is 15.5 Å². The molecular weight excluding hydrogens is 226 g/mol. The van der Waals surface area contributed by atoms with E-state index in [1.807, 2.05) is 4.90 Å². The van der Waals surface area contributed by atoms with Crippen molar-refractivity contribution in [1.82, 2.24) is 9.80 Å². The van der Waals surface area contributed by atoms with Gasteiger partial charge in [-0.3, -0.25) is 4.79 Å². The maximum absolute atomic E-state index is 12.1.